The molecule has 0 fully saturated rings. The lowest BCUT2D eigenvalue weighted by molar-refractivity contribution is -0.136. The molecule has 3 aromatic rings. The molecule has 0 saturated carbocycles. The van der Waals surface area contributed by atoms with E-state index in [4.69, 9.17) is 6.57 Å². The first-order valence-electron chi connectivity index (χ1n) is 7.63. The van der Waals surface area contributed by atoms with Crippen LogP contribution in [0, 0.1) is 13.5 Å². The van der Waals surface area contributed by atoms with E-state index in [2.05, 4.69) is 4.85 Å². The maximum atomic E-state index is 13.4. The molecule has 3 nitrogen and oxygen atoms in total. The molecule has 0 radical (unpaired) electrons. The van der Waals surface area contributed by atoms with Crippen molar-refractivity contribution >= 4 is 17.0 Å². The lowest BCUT2D eigenvalue weighted by atomic mass is 10.0. The number of aryl methyl sites for hydroxylation is 1. The number of aromatic nitrogens is 1. The van der Waals surface area contributed by atoms with Crippen LogP contribution >= 0.6 is 11.3 Å². The molecule has 0 saturated heterocycles. The number of alkyl halides is 3. The van der Waals surface area contributed by atoms with E-state index in [9.17, 15) is 18.0 Å². The molecule has 3 rings (SSSR count). The average molecular weight is 374 g/mol. The molecule has 0 spiro atoms. The Balaban J connectivity index is 2.34. The van der Waals surface area contributed by atoms with Crippen molar-refractivity contribution in [3.8, 4) is 11.3 Å². The van der Waals surface area contributed by atoms with Crippen LogP contribution in [0.25, 0.3) is 16.1 Å². The summed E-state index contributed by atoms with van der Waals surface area (Å²) in [6.45, 7) is 9.01. The first-order valence-corrected chi connectivity index (χ1v) is 8.51. The lowest BCUT2D eigenvalue weighted by Gasteiger charge is -2.17. The zero-order valence-electron chi connectivity index (χ0n) is 13.7. The van der Waals surface area contributed by atoms with Gasteiger partial charge in [0.05, 0.1) is 18.7 Å². The highest BCUT2D eigenvalue weighted by atomic mass is 32.1. The van der Waals surface area contributed by atoms with Gasteiger partial charge >= 0.3 is 6.18 Å². The van der Waals surface area contributed by atoms with E-state index >= 15 is 0 Å². The molecule has 0 bridgehead atoms. The average Bonchev–Trinajstić information content (AvgIpc) is 3.08. The van der Waals surface area contributed by atoms with E-state index in [1.54, 1.807) is 30.3 Å². The van der Waals surface area contributed by atoms with Gasteiger partial charge in [0.15, 0.2) is 0 Å². The Bertz CT molecular complexity index is 1040. The first-order chi connectivity index (χ1) is 12.3. The van der Waals surface area contributed by atoms with E-state index in [1.807, 2.05) is 18.4 Å². The highest BCUT2D eigenvalue weighted by Crippen LogP contribution is 2.37. The van der Waals surface area contributed by atoms with Gasteiger partial charge in [-0.15, -0.1) is 11.3 Å². The van der Waals surface area contributed by atoms with Crippen molar-refractivity contribution in [2.75, 3.05) is 0 Å². The number of hydrogen-bond donors (Lipinski definition) is 0. The predicted molar refractivity (Wildman–Crippen MR) is 95.6 cm³/mol. The zero-order chi connectivity index (χ0) is 18.9. The van der Waals surface area contributed by atoms with Gasteiger partial charge < -0.3 is 4.57 Å². The van der Waals surface area contributed by atoms with Crippen LogP contribution in [0.2, 0.25) is 0 Å². The van der Waals surface area contributed by atoms with E-state index in [-0.39, 0.29) is 12.2 Å². The van der Waals surface area contributed by atoms with Gasteiger partial charge in [-0.25, -0.2) is 4.85 Å². The minimum absolute atomic E-state index is 0.112. The standard InChI is InChI=1S/C19H13F3N2OS/c1-12-5-3-6-13(9-12)16-10-15(19(20,21)22)17(23-2)18(25)24(16)11-14-7-4-8-26-14/h3-10H,11H2,1H3. The third-order valence-electron chi connectivity index (χ3n) is 3.90. The number of nitrogens with zero attached hydrogens (tertiary/aromatic N) is 2. The molecule has 0 atom stereocenters. The Morgan fingerprint density at radius 2 is 1.96 bits per heavy atom. The minimum atomic E-state index is -4.78. The van der Waals surface area contributed by atoms with Gasteiger partial charge in [-0.2, -0.15) is 13.2 Å². The van der Waals surface area contributed by atoms with Crippen molar-refractivity contribution in [3.63, 3.8) is 0 Å². The van der Waals surface area contributed by atoms with Crippen LogP contribution in [-0.2, 0) is 12.7 Å². The molecule has 2 heterocycles. The predicted octanol–water partition coefficient (Wildman–Crippen LogP) is 5.50. The molecule has 0 amide bonds. The molecular formula is C19H13F3N2OS. The van der Waals surface area contributed by atoms with Crippen LogP contribution in [-0.4, -0.2) is 4.57 Å². The molecule has 132 valence electrons. The quantitative estimate of drug-likeness (QED) is 0.556. The van der Waals surface area contributed by atoms with Gasteiger partial charge in [-0.1, -0.05) is 29.8 Å². The Hall–Kier alpha value is -2.85. The van der Waals surface area contributed by atoms with Crippen molar-refractivity contribution in [2.45, 2.75) is 19.6 Å². The smallest absolute Gasteiger partial charge is 0.312 e. The van der Waals surface area contributed by atoms with Crippen LogP contribution in [0.15, 0.2) is 52.6 Å². The van der Waals surface area contributed by atoms with Gasteiger partial charge in [-0.05, 0) is 36.1 Å². The van der Waals surface area contributed by atoms with Crippen molar-refractivity contribution in [1.29, 1.82) is 0 Å². The molecule has 0 aliphatic rings. The molecular weight excluding hydrogens is 361 g/mol. The van der Waals surface area contributed by atoms with E-state index < -0.39 is 23.0 Å². The second-order valence-electron chi connectivity index (χ2n) is 5.74. The summed E-state index contributed by atoms with van der Waals surface area (Å²) in [5.41, 5.74) is -1.52. The monoisotopic (exact) mass is 374 g/mol. The summed E-state index contributed by atoms with van der Waals surface area (Å²) < 4.78 is 41.5. The van der Waals surface area contributed by atoms with Gasteiger partial charge in [-0.3, -0.25) is 4.79 Å². The fourth-order valence-electron chi connectivity index (χ4n) is 2.72. The van der Waals surface area contributed by atoms with Crippen molar-refractivity contribution < 1.29 is 13.2 Å². The van der Waals surface area contributed by atoms with Gasteiger partial charge in [0.25, 0.3) is 11.2 Å². The number of thiophene rings is 1. The number of halogens is 3. The molecule has 0 aliphatic carbocycles. The lowest BCUT2D eigenvalue weighted by Crippen LogP contribution is -2.25. The second kappa shape index (κ2) is 6.81. The van der Waals surface area contributed by atoms with Gasteiger partial charge in [0, 0.05) is 10.6 Å². The summed E-state index contributed by atoms with van der Waals surface area (Å²) in [5, 5.41) is 1.83. The summed E-state index contributed by atoms with van der Waals surface area (Å²) in [6.07, 6.45) is -4.78. The highest BCUT2D eigenvalue weighted by Gasteiger charge is 2.36. The van der Waals surface area contributed by atoms with Crippen molar-refractivity contribution in [3.05, 3.63) is 85.6 Å². The van der Waals surface area contributed by atoms with Crippen LogP contribution < -0.4 is 5.56 Å². The van der Waals surface area contributed by atoms with Crippen LogP contribution in [0.5, 0.6) is 0 Å². The first kappa shape index (κ1) is 18.0. The van der Waals surface area contributed by atoms with Crippen LogP contribution in [0.4, 0.5) is 18.9 Å². The van der Waals surface area contributed by atoms with Crippen molar-refractivity contribution in [2.24, 2.45) is 0 Å². The maximum absolute atomic E-state index is 13.4. The molecule has 0 unspecified atom stereocenters. The second-order valence-corrected chi connectivity index (χ2v) is 6.77. The Morgan fingerprint density at radius 3 is 2.54 bits per heavy atom. The fourth-order valence-corrected chi connectivity index (χ4v) is 3.41. The molecule has 0 N–H and O–H groups in total. The summed E-state index contributed by atoms with van der Waals surface area (Å²) in [7, 11) is 0. The Morgan fingerprint density at radius 1 is 1.19 bits per heavy atom. The summed E-state index contributed by atoms with van der Waals surface area (Å²) in [5.74, 6) is 0. The molecule has 0 aliphatic heterocycles. The Kier molecular flexibility index (Phi) is 4.70. The number of benzene rings is 1. The van der Waals surface area contributed by atoms with Crippen LogP contribution in [0.3, 0.4) is 0 Å². The Labute approximate surface area is 151 Å². The summed E-state index contributed by atoms with van der Waals surface area (Å²) in [6, 6.07) is 11.4. The van der Waals surface area contributed by atoms with Gasteiger partial charge in [0.1, 0.15) is 0 Å². The number of rotatable bonds is 3. The third kappa shape index (κ3) is 3.41. The minimum Gasteiger partial charge on any atom is -0.312 e. The fraction of sp³-hybridized carbons (Fsp3) is 0.158. The normalized spacial score (nSPS) is 11.3. The van der Waals surface area contributed by atoms with E-state index in [0.717, 1.165) is 16.5 Å². The SMILES string of the molecule is [C-]#[N+]c1c(C(F)(F)F)cc(-c2cccc(C)c2)n(Cc2cccs2)c1=O. The highest BCUT2D eigenvalue weighted by molar-refractivity contribution is 7.09. The summed E-state index contributed by atoms with van der Waals surface area (Å²) >= 11 is 1.40. The molecule has 7 heteroatoms. The number of hydrogen-bond acceptors (Lipinski definition) is 2. The van der Waals surface area contributed by atoms with E-state index in [0.29, 0.717) is 5.56 Å². The zero-order valence-corrected chi connectivity index (χ0v) is 14.5. The third-order valence-corrected chi connectivity index (χ3v) is 4.76. The molecule has 26 heavy (non-hydrogen) atoms. The van der Waals surface area contributed by atoms with E-state index in [1.165, 1.54) is 15.9 Å². The summed E-state index contributed by atoms with van der Waals surface area (Å²) in [4.78, 5) is 16.4. The molecule has 2 aromatic heterocycles. The topological polar surface area (TPSA) is 26.4 Å². The number of pyridine rings is 1. The maximum Gasteiger partial charge on any atom is 0.407 e. The van der Waals surface area contributed by atoms with Crippen LogP contribution in [0.1, 0.15) is 16.0 Å². The largest absolute Gasteiger partial charge is 0.407 e. The van der Waals surface area contributed by atoms with Gasteiger partial charge in [0.2, 0.25) is 0 Å². The molecule has 1 aromatic carbocycles. The van der Waals surface area contributed by atoms with Crippen molar-refractivity contribution in [1.82, 2.24) is 4.57 Å².